The molecule has 1 aromatic heterocycles. The van der Waals surface area contributed by atoms with Crippen LogP contribution in [0.3, 0.4) is 0 Å². The molecule has 2 heterocycles. The van der Waals surface area contributed by atoms with Crippen molar-refractivity contribution in [3.05, 3.63) is 22.8 Å². The Morgan fingerprint density at radius 2 is 2.12 bits per heavy atom. The SMILES string of the molecule is COc1cc2nn(C3CCN(C(=O)O)C(C(C)(C)C)C3)cc2cc1Br. The molecule has 1 aromatic carbocycles. The van der Waals surface area contributed by atoms with Crippen LogP contribution in [0.2, 0.25) is 0 Å². The van der Waals surface area contributed by atoms with Gasteiger partial charge in [-0.3, -0.25) is 4.68 Å². The number of piperidine rings is 1. The summed E-state index contributed by atoms with van der Waals surface area (Å²) < 4.78 is 8.23. The third kappa shape index (κ3) is 3.47. The third-order valence-corrected chi connectivity index (χ3v) is 5.61. The number of carboxylic acid groups (broad SMARTS) is 1. The smallest absolute Gasteiger partial charge is 0.407 e. The number of methoxy groups -OCH3 is 1. The molecule has 0 spiro atoms. The molecule has 136 valence electrons. The Balaban J connectivity index is 1.91. The molecule has 0 aliphatic carbocycles. The first-order chi connectivity index (χ1) is 11.7. The maximum absolute atomic E-state index is 11.6. The molecule has 6 nitrogen and oxygen atoms in total. The number of ether oxygens (including phenoxy) is 1. The van der Waals surface area contributed by atoms with Gasteiger partial charge in [-0.05, 0) is 40.3 Å². The summed E-state index contributed by atoms with van der Waals surface area (Å²) in [6.45, 7) is 6.82. The molecule has 3 rings (SSSR count). The second-order valence-electron chi connectivity index (χ2n) is 7.69. The first-order valence-electron chi connectivity index (χ1n) is 8.42. The van der Waals surface area contributed by atoms with E-state index in [1.807, 2.05) is 23.0 Å². The van der Waals surface area contributed by atoms with Crippen LogP contribution in [-0.4, -0.2) is 45.6 Å². The number of nitrogens with zero attached hydrogens (tertiary/aromatic N) is 3. The Morgan fingerprint density at radius 1 is 1.40 bits per heavy atom. The molecule has 2 aromatic rings. The van der Waals surface area contributed by atoms with Crippen LogP contribution in [0.1, 0.15) is 39.7 Å². The number of amides is 1. The highest BCUT2D eigenvalue weighted by molar-refractivity contribution is 9.10. The summed E-state index contributed by atoms with van der Waals surface area (Å²) in [5.74, 6) is 0.756. The molecule has 25 heavy (non-hydrogen) atoms. The molecule has 2 unspecified atom stereocenters. The largest absolute Gasteiger partial charge is 0.495 e. The molecular formula is C18H24BrN3O3. The predicted molar refractivity (Wildman–Crippen MR) is 100 cm³/mol. The number of benzene rings is 1. The van der Waals surface area contributed by atoms with Gasteiger partial charge in [0.25, 0.3) is 0 Å². The normalized spacial score (nSPS) is 21.6. The van der Waals surface area contributed by atoms with Gasteiger partial charge in [-0.25, -0.2) is 4.79 Å². The fourth-order valence-corrected chi connectivity index (χ4v) is 4.15. The highest BCUT2D eigenvalue weighted by Crippen LogP contribution is 2.37. The van der Waals surface area contributed by atoms with Gasteiger partial charge in [0, 0.05) is 30.2 Å². The van der Waals surface area contributed by atoms with Crippen LogP contribution in [0.25, 0.3) is 10.9 Å². The van der Waals surface area contributed by atoms with Crippen LogP contribution in [0.5, 0.6) is 5.75 Å². The van der Waals surface area contributed by atoms with E-state index in [0.29, 0.717) is 6.54 Å². The molecule has 1 aliphatic heterocycles. The van der Waals surface area contributed by atoms with E-state index in [0.717, 1.165) is 34.0 Å². The topological polar surface area (TPSA) is 67.6 Å². The van der Waals surface area contributed by atoms with E-state index in [9.17, 15) is 9.90 Å². The van der Waals surface area contributed by atoms with E-state index >= 15 is 0 Å². The quantitative estimate of drug-likeness (QED) is 0.790. The molecule has 1 aliphatic rings. The van der Waals surface area contributed by atoms with E-state index in [1.165, 1.54) is 0 Å². The summed E-state index contributed by atoms with van der Waals surface area (Å²) in [6, 6.07) is 4.09. The van der Waals surface area contributed by atoms with Crippen molar-refractivity contribution >= 4 is 32.9 Å². The van der Waals surface area contributed by atoms with Crippen molar-refractivity contribution < 1.29 is 14.6 Å². The number of likely N-dealkylation sites (tertiary alicyclic amines) is 1. The lowest BCUT2D eigenvalue weighted by atomic mass is 9.79. The average molecular weight is 410 g/mol. The van der Waals surface area contributed by atoms with Gasteiger partial charge in [0.15, 0.2) is 0 Å². The molecule has 1 fully saturated rings. The van der Waals surface area contributed by atoms with E-state index < -0.39 is 6.09 Å². The molecular weight excluding hydrogens is 386 g/mol. The fourth-order valence-electron chi connectivity index (χ4n) is 3.62. The summed E-state index contributed by atoms with van der Waals surface area (Å²) in [5.41, 5.74) is 0.767. The lowest BCUT2D eigenvalue weighted by Gasteiger charge is -2.44. The highest BCUT2D eigenvalue weighted by atomic mass is 79.9. The van der Waals surface area contributed by atoms with Crippen molar-refractivity contribution in [3.63, 3.8) is 0 Å². The van der Waals surface area contributed by atoms with E-state index in [-0.39, 0.29) is 17.5 Å². The minimum Gasteiger partial charge on any atom is -0.495 e. The highest BCUT2D eigenvalue weighted by Gasteiger charge is 2.39. The van der Waals surface area contributed by atoms with Crippen molar-refractivity contribution in [2.45, 2.75) is 45.7 Å². The van der Waals surface area contributed by atoms with Crippen molar-refractivity contribution in [2.75, 3.05) is 13.7 Å². The van der Waals surface area contributed by atoms with E-state index in [1.54, 1.807) is 12.0 Å². The Morgan fingerprint density at radius 3 is 2.72 bits per heavy atom. The Kier molecular flexibility index (Phi) is 4.70. The van der Waals surface area contributed by atoms with Crippen LogP contribution >= 0.6 is 15.9 Å². The zero-order chi connectivity index (χ0) is 18.4. The standard InChI is InChI=1S/C18H24BrN3O3/c1-18(2,3)16-8-12(5-6-21(16)17(23)24)22-10-11-7-13(19)15(25-4)9-14(11)20-22/h7,9-10,12,16H,5-6,8H2,1-4H3,(H,23,24). The zero-order valence-corrected chi connectivity index (χ0v) is 16.6. The van der Waals surface area contributed by atoms with Gasteiger partial charge < -0.3 is 14.7 Å². The summed E-state index contributed by atoms with van der Waals surface area (Å²) >= 11 is 3.51. The molecule has 0 saturated carbocycles. The summed E-state index contributed by atoms with van der Waals surface area (Å²) in [5, 5.41) is 15.3. The van der Waals surface area contributed by atoms with Crippen molar-refractivity contribution in [3.8, 4) is 5.75 Å². The van der Waals surface area contributed by atoms with Gasteiger partial charge in [-0.1, -0.05) is 20.8 Å². The number of hydrogen-bond donors (Lipinski definition) is 1. The molecule has 1 N–H and O–H groups in total. The minimum atomic E-state index is -0.835. The summed E-state index contributed by atoms with van der Waals surface area (Å²) in [6.07, 6.45) is 2.74. The Bertz CT molecular complexity index is 797. The second kappa shape index (κ2) is 6.52. The zero-order valence-electron chi connectivity index (χ0n) is 15.0. The maximum Gasteiger partial charge on any atom is 0.407 e. The molecule has 0 radical (unpaired) electrons. The van der Waals surface area contributed by atoms with Gasteiger partial charge in [0.1, 0.15) is 5.75 Å². The van der Waals surface area contributed by atoms with Crippen LogP contribution in [-0.2, 0) is 0 Å². The predicted octanol–water partition coefficient (Wildman–Crippen LogP) is 4.54. The molecule has 2 atom stereocenters. The van der Waals surface area contributed by atoms with E-state index in [4.69, 9.17) is 9.84 Å². The first-order valence-corrected chi connectivity index (χ1v) is 9.22. The minimum absolute atomic E-state index is 0.0302. The number of fused-ring (bicyclic) bond motifs is 1. The number of hydrogen-bond acceptors (Lipinski definition) is 3. The lowest BCUT2D eigenvalue weighted by molar-refractivity contribution is 0.0409. The van der Waals surface area contributed by atoms with Crippen LogP contribution < -0.4 is 4.74 Å². The van der Waals surface area contributed by atoms with Crippen LogP contribution in [0.4, 0.5) is 4.79 Å². The first kappa shape index (κ1) is 18.0. The molecule has 0 bridgehead atoms. The van der Waals surface area contributed by atoms with Crippen molar-refractivity contribution in [1.82, 2.24) is 14.7 Å². The van der Waals surface area contributed by atoms with Crippen LogP contribution in [0.15, 0.2) is 22.8 Å². The van der Waals surface area contributed by atoms with Gasteiger partial charge in [0.2, 0.25) is 0 Å². The Hall–Kier alpha value is -1.76. The van der Waals surface area contributed by atoms with Gasteiger partial charge in [0.05, 0.1) is 23.1 Å². The second-order valence-corrected chi connectivity index (χ2v) is 8.55. The van der Waals surface area contributed by atoms with Crippen molar-refractivity contribution in [1.29, 1.82) is 0 Å². The number of aromatic nitrogens is 2. The van der Waals surface area contributed by atoms with E-state index in [2.05, 4.69) is 36.7 Å². The van der Waals surface area contributed by atoms with Gasteiger partial charge in [-0.2, -0.15) is 5.10 Å². The third-order valence-electron chi connectivity index (χ3n) is 4.99. The average Bonchev–Trinajstić information content (AvgIpc) is 2.95. The number of carbonyl (C=O) groups is 1. The number of rotatable bonds is 2. The maximum atomic E-state index is 11.6. The fraction of sp³-hybridized carbons (Fsp3) is 0.556. The Labute approximate surface area is 155 Å². The van der Waals surface area contributed by atoms with Gasteiger partial charge >= 0.3 is 6.09 Å². The summed E-state index contributed by atoms with van der Waals surface area (Å²) in [4.78, 5) is 13.2. The number of halogens is 1. The molecule has 1 saturated heterocycles. The molecule has 1 amide bonds. The monoisotopic (exact) mass is 409 g/mol. The molecule has 7 heteroatoms. The van der Waals surface area contributed by atoms with Crippen molar-refractivity contribution in [2.24, 2.45) is 5.41 Å². The van der Waals surface area contributed by atoms with Crippen LogP contribution in [0, 0.1) is 5.41 Å². The lowest BCUT2D eigenvalue weighted by Crippen LogP contribution is -2.51. The summed E-state index contributed by atoms with van der Waals surface area (Å²) in [7, 11) is 1.64. The van der Waals surface area contributed by atoms with Gasteiger partial charge in [-0.15, -0.1) is 0 Å².